The van der Waals surface area contributed by atoms with Crippen LogP contribution in [0.15, 0.2) is 29.3 Å². The van der Waals surface area contributed by atoms with Crippen molar-refractivity contribution in [3.63, 3.8) is 0 Å². The van der Waals surface area contributed by atoms with Gasteiger partial charge in [0.2, 0.25) is 0 Å². The molecule has 0 amide bonds. The van der Waals surface area contributed by atoms with Gasteiger partial charge in [-0.25, -0.2) is 4.98 Å². The lowest BCUT2D eigenvalue weighted by molar-refractivity contribution is 0.0115. The van der Waals surface area contributed by atoms with E-state index in [1.54, 1.807) is 12.4 Å². The molecule has 4 rings (SSSR count). The van der Waals surface area contributed by atoms with Gasteiger partial charge in [0.1, 0.15) is 5.82 Å². The van der Waals surface area contributed by atoms with E-state index in [1.165, 1.54) is 6.07 Å². The highest BCUT2D eigenvalue weighted by Gasteiger charge is 2.26. The molecule has 0 radical (unpaired) electrons. The van der Waals surface area contributed by atoms with E-state index in [9.17, 15) is 4.79 Å². The molecule has 2 saturated heterocycles. The summed E-state index contributed by atoms with van der Waals surface area (Å²) in [4.78, 5) is 24.3. The Labute approximate surface area is 135 Å². The molecule has 2 fully saturated rings. The Hall–Kier alpha value is -1.92. The monoisotopic (exact) mass is 314 g/mol. The third-order valence-corrected chi connectivity index (χ3v) is 4.98. The molecule has 0 aliphatic carbocycles. The molecule has 23 heavy (non-hydrogen) atoms. The van der Waals surface area contributed by atoms with Gasteiger partial charge in [0, 0.05) is 56.7 Å². The smallest absolute Gasteiger partial charge is 0.190 e. The Bertz CT molecular complexity index is 731. The average molecular weight is 314 g/mol. The highest BCUT2D eigenvalue weighted by molar-refractivity contribution is 5.79. The van der Waals surface area contributed by atoms with Gasteiger partial charge in [-0.3, -0.25) is 9.69 Å². The number of ether oxygens (including phenoxy) is 1. The summed E-state index contributed by atoms with van der Waals surface area (Å²) in [5, 5.41) is 0.652. The number of rotatable bonds is 2. The third kappa shape index (κ3) is 2.96. The van der Waals surface area contributed by atoms with E-state index in [0.29, 0.717) is 11.4 Å². The number of fused-ring (bicyclic) bond motifs is 1. The van der Waals surface area contributed by atoms with Crippen molar-refractivity contribution in [1.29, 1.82) is 0 Å². The fraction of sp³-hybridized carbons (Fsp3) is 0.529. The molecule has 0 aromatic carbocycles. The molecule has 0 saturated carbocycles. The first kappa shape index (κ1) is 14.7. The number of nitrogens with zero attached hydrogens (tertiary/aromatic N) is 3. The van der Waals surface area contributed by atoms with Gasteiger partial charge in [-0.1, -0.05) is 0 Å². The molecule has 2 aromatic rings. The second-order valence-electron chi connectivity index (χ2n) is 6.30. The van der Waals surface area contributed by atoms with Gasteiger partial charge in [-0.15, -0.1) is 0 Å². The second kappa shape index (κ2) is 6.29. The highest BCUT2D eigenvalue weighted by Crippen LogP contribution is 2.23. The summed E-state index contributed by atoms with van der Waals surface area (Å²) in [5.41, 5.74) is 0.877. The van der Waals surface area contributed by atoms with E-state index in [2.05, 4.69) is 19.8 Å². The zero-order chi connectivity index (χ0) is 15.6. The summed E-state index contributed by atoms with van der Waals surface area (Å²) in [6.45, 7) is 5.86. The molecule has 0 atom stereocenters. The van der Waals surface area contributed by atoms with Crippen LogP contribution in [-0.2, 0) is 4.74 Å². The predicted molar refractivity (Wildman–Crippen MR) is 90.0 cm³/mol. The van der Waals surface area contributed by atoms with E-state index in [-0.39, 0.29) is 5.43 Å². The second-order valence-corrected chi connectivity index (χ2v) is 6.30. The first-order valence-corrected chi connectivity index (χ1v) is 8.35. The molecule has 4 heterocycles. The topological polar surface area (TPSA) is 61.5 Å². The number of nitrogens with one attached hydrogen (secondary N) is 1. The van der Waals surface area contributed by atoms with Crippen molar-refractivity contribution in [2.75, 3.05) is 44.3 Å². The summed E-state index contributed by atoms with van der Waals surface area (Å²) in [6.07, 6.45) is 5.70. The number of pyridine rings is 2. The zero-order valence-electron chi connectivity index (χ0n) is 13.2. The number of anilines is 1. The standard InChI is InChI=1S/C17H22N4O2/c22-16-1-4-18-15-11-17(19-12-14(15)16)21-5-2-13(3-6-21)20-7-9-23-10-8-20/h1,4,11-13H,2-3,5-10H2,(H,18,22). The maximum absolute atomic E-state index is 11.8. The Morgan fingerprint density at radius 1 is 1.17 bits per heavy atom. The lowest BCUT2D eigenvalue weighted by Gasteiger charge is -2.40. The van der Waals surface area contributed by atoms with Crippen LogP contribution in [0.1, 0.15) is 12.8 Å². The minimum atomic E-state index is 0.0174. The number of morpholine rings is 1. The minimum absolute atomic E-state index is 0.0174. The average Bonchev–Trinajstić information content (AvgIpc) is 2.63. The van der Waals surface area contributed by atoms with Gasteiger partial charge < -0.3 is 14.6 Å². The molecule has 6 heteroatoms. The van der Waals surface area contributed by atoms with E-state index < -0.39 is 0 Å². The molecular weight excluding hydrogens is 292 g/mol. The molecule has 1 N–H and O–H groups in total. The van der Waals surface area contributed by atoms with Gasteiger partial charge in [0.25, 0.3) is 0 Å². The van der Waals surface area contributed by atoms with Crippen LogP contribution in [0.2, 0.25) is 0 Å². The van der Waals surface area contributed by atoms with Crippen LogP contribution >= 0.6 is 0 Å². The van der Waals surface area contributed by atoms with Gasteiger partial charge in [-0.05, 0) is 12.8 Å². The van der Waals surface area contributed by atoms with Crippen molar-refractivity contribution in [2.45, 2.75) is 18.9 Å². The highest BCUT2D eigenvalue weighted by atomic mass is 16.5. The van der Waals surface area contributed by atoms with Crippen molar-refractivity contribution in [1.82, 2.24) is 14.9 Å². The van der Waals surface area contributed by atoms with Crippen LogP contribution in [0.5, 0.6) is 0 Å². The number of hydrogen-bond acceptors (Lipinski definition) is 5. The predicted octanol–water partition coefficient (Wildman–Crippen LogP) is 1.22. The quantitative estimate of drug-likeness (QED) is 0.903. The maximum Gasteiger partial charge on any atom is 0.190 e. The normalized spacial score (nSPS) is 21.0. The molecule has 2 aromatic heterocycles. The minimum Gasteiger partial charge on any atom is -0.379 e. The van der Waals surface area contributed by atoms with Gasteiger partial charge in [0.05, 0.1) is 24.1 Å². The number of H-pyrrole nitrogens is 1. The van der Waals surface area contributed by atoms with Gasteiger partial charge in [-0.2, -0.15) is 0 Å². The van der Waals surface area contributed by atoms with Crippen molar-refractivity contribution in [3.8, 4) is 0 Å². The van der Waals surface area contributed by atoms with E-state index >= 15 is 0 Å². The Morgan fingerprint density at radius 3 is 2.74 bits per heavy atom. The van der Waals surface area contributed by atoms with Crippen LogP contribution in [0.3, 0.4) is 0 Å². The Morgan fingerprint density at radius 2 is 1.96 bits per heavy atom. The van der Waals surface area contributed by atoms with Gasteiger partial charge in [0.15, 0.2) is 5.43 Å². The molecule has 0 spiro atoms. The molecule has 2 aliphatic heterocycles. The molecule has 6 nitrogen and oxygen atoms in total. The third-order valence-electron chi connectivity index (χ3n) is 4.98. The van der Waals surface area contributed by atoms with E-state index in [0.717, 1.165) is 63.6 Å². The fourth-order valence-electron chi connectivity index (χ4n) is 3.63. The fourth-order valence-corrected chi connectivity index (χ4v) is 3.63. The van der Waals surface area contributed by atoms with Crippen LogP contribution in [0, 0.1) is 0 Å². The lowest BCUT2D eigenvalue weighted by Crippen LogP contribution is -2.49. The Kier molecular flexibility index (Phi) is 4.01. The van der Waals surface area contributed by atoms with Crippen molar-refractivity contribution in [2.24, 2.45) is 0 Å². The Balaban J connectivity index is 1.46. The van der Waals surface area contributed by atoms with Crippen molar-refractivity contribution in [3.05, 3.63) is 34.7 Å². The molecule has 0 unspecified atom stereocenters. The van der Waals surface area contributed by atoms with Crippen LogP contribution in [0.4, 0.5) is 5.82 Å². The summed E-state index contributed by atoms with van der Waals surface area (Å²) in [5.74, 6) is 0.958. The van der Waals surface area contributed by atoms with Crippen molar-refractivity contribution < 1.29 is 4.74 Å². The number of hydrogen-bond donors (Lipinski definition) is 1. The van der Waals surface area contributed by atoms with Gasteiger partial charge >= 0.3 is 0 Å². The molecule has 0 bridgehead atoms. The van der Waals surface area contributed by atoms with E-state index in [1.807, 2.05) is 6.07 Å². The summed E-state index contributed by atoms with van der Waals surface area (Å²) >= 11 is 0. The number of aromatic amines is 1. The van der Waals surface area contributed by atoms with Crippen molar-refractivity contribution >= 4 is 16.7 Å². The molecule has 2 aliphatic rings. The summed E-state index contributed by atoms with van der Waals surface area (Å²) in [7, 11) is 0. The number of aromatic nitrogens is 2. The summed E-state index contributed by atoms with van der Waals surface area (Å²) in [6, 6.07) is 4.19. The lowest BCUT2D eigenvalue weighted by atomic mass is 10.0. The number of piperidine rings is 1. The first-order chi connectivity index (χ1) is 11.3. The largest absolute Gasteiger partial charge is 0.379 e. The SMILES string of the molecule is O=c1cc[nH]c2cc(N3CCC(N4CCOCC4)CC3)ncc12. The van der Waals surface area contributed by atoms with E-state index in [4.69, 9.17) is 4.74 Å². The first-order valence-electron chi connectivity index (χ1n) is 8.35. The zero-order valence-corrected chi connectivity index (χ0v) is 13.2. The molecule has 122 valence electrons. The van der Waals surface area contributed by atoms with Crippen LogP contribution in [0.25, 0.3) is 10.9 Å². The molecular formula is C17H22N4O2. The maximum atomic E-state index is 11.8. The summed E-state index contributed by atoms with van der Waals surface area (Å²) < 4.78 is 5.44. The van der Waals surface area contributed by atoms with Crippen LogP contribution < -0.4 is 10.3 Å². The van der Waals surface area contributed by atoms with Crippen LogP contribution in [-0.4, -0.2) is 60.3 Å².